The molecule has 1 fully saturated rings. The number of ether oxygens (including phenoxy) is 2. The van der Waals surface area contributed by atoms with E-state index in [4.69, 9.17) is 25.4 Å². The third-order valence-electron chi connectivity index (χ3n) is 7.95. The van der Waals surface area contributed by atoms with E-state index in [2.05, 4.69) is 18.1 Å². The first-order valence-corrected chi connectivity index (χ1v) is 12.4. The lowest BCUT2D eigenvalue weighted by Crippen LogP contribution is -2.32. The Morgan fingerprint density at radius 3 is 2.94 bits per heavy atom. The van der Waals surface area contributed by atoms with Crippen molar-refractivity contribution in [1.29, 1.82) is 0 Å². The third kappa shape index (κ3) is 2.80. The topological polar surface area (TPSA) is 93.0 Å². The number of aryl methyl sites for hydroxylation is 2. The summed E-state index contributed by atoms with van der Waals surface area (Å²) in [6.07, 6.45) is 4.91. The van der Waals surface area contributed by atoms with E-state index in [0.717, 1.165) is 52.2 Å². The Kier molecular flexibility index (Phi) is 4.43. The second-order valence-electron chi connectivity index (χ2n) is 9.98. The van der Waals surface area contributed by atoms with Gasteiger partial charge in [-0.3, -0.25) is 9.36 Å². The van der Waals surface area contributed by atoms with Crippen LogP contribution < -0.4 is 10.5 Å². The van der Waals surface area contributed by atoms with Gasteiger partial charge in [-0.2, -0.15) is 10.2 Å². The van der Waals surface area contributed by atoms with Crippen LogP contribution in [0.5, 0.6) is 5.75 Å². The fourth-order valence-corrected chi connectivity index (χ4v) is 6.39. The van der Waals surface area contributed by atoms with Crippen molar-refractivity contribution < 1.29 is 13.9 Å². The lowest BCUT2D eigenvalue weighted by atomic mass is 9.71. The van der Waals surface area contributed by atoms with Crippen molar-refractivity contribution >= 4 is 5.82 Å². The standard InChI is InChI=1S/C27H27FN6O2/c1-4-34-25-15-9-20(26(29)30-12-15)36-14(2)18-10-16(28)5-6-17(18)23-19(13-33(3)31-23)27-7-8-35-21(11-27)24(32-34)22(25)27/h5-6,9-10,12-14,21H,4,7-8,11H2,1-3H3,(H2,29,30)/t14-,21?,27-/m1/s1. The van der Waals surface area contributed by atoms with Gasteiger partial charge in [-0.05, 0) is 51.0 Å². The Hall–Kier alpha value is -3.72. The summed E-state index contributed by atoms with van der Waals surface area (Å²) in [5.41, 5.74) is 13.5. The fraction of sp³-hybridized carbons (Fsp3) is 0.370. The van der Waals surface area contributed by atoms with Gasteiger partial charge in [0.05, 0.1) is 17.1 Å². The minimum absolute atomic E-state index is 0.0949. The number of benzene rings is 1. The summed E-state index contributed by atoms with van der Waals surface area (Å²) in [5, 5.41) is 9.97. The minimum atomic E-state index is -0.487. The molecule has 1 unspecified atom stereocenters. The van der Waals surface area contributed by atoms with E-state index in [1.807, 2.05) is 29.4 Å². The first-order chi connectivity index (χ1) is 17.4. The lowest BCUT2D eigenvalue weighted by Gasteiger charge is -2.35. The van der Waals surface area contributed by atoms with Gasteiger partial charge in [-0.1, -0.05) is 0 Å². The Balaban J connectivity index is 1.63. The number of anilines is 1. The molecule has 1 spiro atoms. The number of hydrogen-bond donors (Lipinski definition) is 1. The molecule has 8 nitrogen and oxygen atoms in total. The maximum Gasteiger partial charge on any atom is 0.166 e. The number of pyridine rings is 1. The summed E-state index contributed by atoms with van der Waals surface area (Å²) in [7, 11) is 1.93. The van der Waals surface area contributed by atoms with Crippen LogP contribution in [0.3, 0.4) is 0 Å². The number of hydrogen-bond acceptors (Lipinski definition) is 6. The van der Waals surface area contributed by atoms with Crippen LogP contribution in [0.4, 0.5) is 10.2 Å². The Bertz CT molecular complexity index is 1540. The highest BCUT2D eigenvalue weighted by Crippen LogP contribution is 2.59. The van der Waals surface area contributed by atoms with Crippen molar-refractivity contribution in [3.63, 3.8) is 0 Å². The summed E-state index contributed by atoms with van der Waals surface area (Å²) in [4.78, 5) is 4.49. The van der Waals surface area contributed by atoms with E-state index in [1.54, 1.807) is 12.3 Å². The van der Waals surface area contributed by atoms with Gasteiger partial charge in [0, 0.05) is 65.8 Å². The molecule has 1 aromatic carbocycles. The molecule has 0 radical (unpaired) electrons. The van der Waals surface area contributed by atoms with Crippen LogP contribution in [0.1, 0.15) is 61.3 Å². The van der Waals surface area contributed by atoms with Gasteiger partial charge in [-0.15, -0.1) is 0 Å². The van der Waals surface area contributed by atoms with Crippen molar-refractivity contribution in [2.24, 2.45) is 7.05 Å². The molecule has 36 heavy (non-hydrogen) atoms. The summed E-state index contributed by atoms with van der Waals surface area (Å²) in [5.74, 6) is 0.420. The van der Waals surface area contributed by atoms with Crippen molar-refractivity contribution in [2.45, 2.75) is 50.9 Å². The van der Waals surface area contributed by atoms with Crippen molar-refractivity contribution in [3.8, 4) is 28.3 Å². The molecule has 1 aliphatic carbocycles. The van der Waals surface area contributed by atoms with E-state index < -0.39 is 6.10 Å². The SMILES string of the molecule is CCn1nc2c3c1-c1cnc(N)c(c1)O[C@H](C)c1cc(F)ccc1-c1nn(C)cc1[C@]31CCOC2C1. The molecule has 184 valence electrons. The summed E-state index contributed by atoms with van der Waals surface area (Å²) >= 11 is 0. The first-order valence-electron chi connectivity index (χ1n) is 12.4. The minimum Gasteiger partial charge on any atom is -0.482 e. The zero-order chi connectivity index (χ0) is 24.8. The van der Waals surface area contributed by atoms with E-state index in [9.17, 15) is 4.39 Å². The molecule has 3 atom stereocenters. The van der Waals surface area contributed by atoms with Crippen LogP contribution in [0.25, 0.3) is 22.5 Å². The molecule has 0 amide bonds. The van der Waals surface area contributed by atoms with Gasteiger partial charge in [0.1, 0.15) is 18.0 Å². The highest BCUT2D eigenvalue weighted by Gasteiger charge is 2.54. The second kappa shape index (κ2) is 7.39. The molecule has 3 aromatic heterocycles. The van der Waals surface area contributed by atoms with E-state index in [0.29, 0.717) is 24.5 Å². The molecule has 9 heteroatoms. The Morgan fingerprint density at radius 2 is 2.11 bits per heavy atom. The molecule has 5 heterocycles. The van der Waals surface area contributed by atoms with Crippen molar-refractivity contribution in [2.75, 3.05) is 12.3 Å². The van der Waals surface area contributed by atoms with Gasteiger partial charge in [0.2, 0.25) is 0 Å². The Morgan fingerprint density at radius 1 is 1.25 bits per heavy atom. The maximum absolute atomic E-state index is 14.6. The van der Waals surface area contributed by atoms with E-state index in [-0.39, 0.29) is 23.2 Å². The van der Waals surface area contributed by atoms with Gasteiger partial charge >= 0.3 is 0 Å². The largest absolute Gasteiger partial charge is 0.482 e. The number of nitrogen functional groups attached to an aromatic ring is 1. The number of aromatic nitrogens is 5. The number of fused-ring (bicyclic) bond motifs is 8. The van der Waals surface area contributed by atoms with Gasteiger partial charge in [0.25, 0.3) is 0 Å². The van der Waals surface area contributed by atoms with Crippen LogP contribution in [0.2, 0.25) is 0 Å². The quantitative estimate of drug-likeness (QED) is 0.420. The zero-order valence-corrected chi connectivity index (χ0v) is 20.5. The number of halogens is 1. The van der Waals surface area contributed by atoms with Crippen LogP contribution >= 0.6 is 0 Å². The second-order valence-corrected chi connectivity index (χ2v) is 9.98. The molecule has 4 bridgehead atoms. The number of nitrogens with two attached hydrogens (primary N) is 1. The van der Waals surface area contributed by atoms with Gasteiger partial charge < -0.3 is 15.2 Å². The number of rotatable bonds is 1. The molecule has 1 saturated heterocycles. The summed E-state index contributed by atoms with van der Waals surface area (Å²) in [6, 6.07) is 6.75. The van der Waals surface area contributed by atoms with Crippen LogP contribution in [-0.4, -0.2) is 31.2 Å². The average molecular weight is 487 g/mol. The monoisotopic (exact) mass is 486 g/mol. The van der Waals surface area contributed by atoms with E-state index in [1.165, 1.54) is 12.1 Å². The summed E-state index contributed by atoms with van der Waals surface area (Å²) in [6.45, 7) is 5.31. The maximum atomic E-state index is 14.6. The predicted octanol–water partition coefficient (Wildman–Crippen LogP) is 4.69. The van der Waals surface area contributed by atoms with Crippen LogP contribution in [-0.2, 0) is 23.7 Å². The molecule has 7 rings (SSSR count). The zero-order valence-electron chi connectivity index (χ0n) is 20.5. The lowest BCUT2D eigenvalue weighted by molar-refractivity contribution is 0.00138. The molecular formula is C27H27FN6O2. The average Bonchev–Trinajstić information content (AvgIpc) is 3.51. The molecule has 4 aromatic rings. The highest BCUT2D eigenvalue weighted by molar-refractivity contribution is 5.76. The van der Waals surface area contributed by atoms with Gasteiger partial charge in [0.15, 0.2) is 11.6 Å². The smallest absolute Gasteiger partial charge is 0.166 e. The predicted molar refractivity (Wildman–Crippen MR) is 132 cm³/mol. The molecule has 0 saturated carbocycles. The molecule has 2 aliphatic heterocycles. The van der Waals surface area contributed by atoms with Crippen molar-refractivity contribution in [1.82, 2.24) is 24.5 Å². The molecule has 2 N–H and O–H groups in total. The molecular weight excluding hydrogens is 459 g/mol. The van der Waals surface area contributed by atoms with E-state index >= 15 is 0 Å². The normalized spacial score (nSPS) is 23.7. The first kappa shape index (κ1) is 21.6. The third-order valence-corrected chi connectivity index (χ3v) is 7.95. The Labute approximate surface area is 207 Å². The molecule has 3 aliphatic rings. The van der Waals surface area contributed by atoms with Crippen LogP contribution in [0.15, 0.2) is 36.7 Å². The number of nitrogens with zero attached hydrogens (tertiary/aromatic N) is 5. The van der Waals surface area contributed by atoms with Crippen molar-refractivity contribution in [3.05, 3.63) is 64.9 Å². The highest BCUT2D eigenvalue weighted by atomic mass is 19.1. The fourth-order valence-electron chi connectivity index (χ4n) is 6.39. The summed E-state index contributed by atoms with van der Waals surface area (Å²) < 4.78 is 31.0. The van der Waals surface area contributed by atoms with Gasteiger partial charge in [-0.25, -0.2) is 9.37 Å². The van der Waals surface area contributed by atoms with Crippen LogP contribution in [0, 0.1) is 5.82 Å².